The number of aryl methyl sites for hydroxylation is 1. The summed E-state index contributed by atoms with van der Waals surface area (Å²) in [5.74, 6) is -0.204. The second-order valence-electron chi connectivity index (χ2n) is 5.24. The van der Waals surface area contributed by atoms with Crippen molar-refractivity contribution in [1.29, 1.82) is 0 Å². The minimum Gasteiger partial charge on any atom is -0.423 e. The number of hydrogen-bond donors (Lipinski definition) is 1. The fraction of sp³-hybridized carbons (Fsp3) is 0.111. The number of carbonyl (C=O) groups excluding carboxylic acids is 1. The lowest BCUT2D eigenvalue weighted by molar-refractivity contribution is 0.0951. The SMILES string of the molecule is Cc1cc2oc(=O)cc(CNC(=O)c3ccccc3)c2cc1Cl. The molecule has 3 rings (SSSR count). The smallest absolute Gasteiger partial charge is 0.336 e. The highest BCUT2D eigenvalue weighted by atomic mass is 35.5. The van der Waals surface area contributed by atoms with Crippen molar-refractivity contribution in [1.82, 2.24) is 5.32 Å². The molecule has 1 N–H and O–H groups in total. The van der Waals surface area contributed by atoms with Gasteiger partial charge >= 0.3 is 5.63 Å². The van der Waals surface area contributed by atoms with E-state index in [1.54, 1.807) is 36.4 Å². The van der Waals surface area contributed by atoms with E-state index in [-0.39, 0.29) is 12.5 Å². The van der Waals surface area contributed by atoms with E-state index in [2.05, 4.69) is 5.32 Å². The molecule has 0 saturated heterocycles. The molecule has 5 heteroatoms. The molecular weight excluding hydrogens is 314 g/mol. The quantitative estimate of drug-likeness (QED) is 0.746. The first-order valence-corrected chi connectivity index (χ1v) is 7.48. The first-order valence-electron chi connectivity index (χ1n) is 7.11. The summed E-state index contributed by atoms with van der Waals surface area (Å²) in [6, 6.07) is 13.7. The predicted molar refractivity (Wildman–Crippen MR) is 89.8 cm³/mol. The summed E-state index contributed by atoms with van der Waals surface area (Å²) < 4.78 is 5.20. The zero-order valence-corrected chi connectivity index (χ0v) is 13.2. The van der Waals surface area contributed by atoms with Gasteiger partial charge in [-0.2, -0.15) is 0 Å². The van der Waals surface area contributed by atoms with Crippen LogP contribution in [0, 0.1) is 6.92 Å². The predicted octanol–water partition coefficient (Wildman–Crippen LogP) is 3.68. The first kappa shape index (κ1) is 15.3. The van der Waals surface area contributed by atoms with E-state index in [0.717, 1.165) is 5.56 Å². The molecule has 0 bridgehead atoms. The molecule has 1 amide bonds. The molecule has 0 aliphatic heterocycles. The number of carbonyl (C=O) groups is 1. The van der Waals surface area contributed by atoms with Crippen molar-refractivity contribution in [3.8, 4) is 0 Å². The minimum absolute atomic E-state index is 0.204. The third kappa shape index (κ3) is 3.27. The van der Waals surface area contributed by atoms with E-state index in [1.165, 1.54) is 6.07 Å². The summed E-state index contributed by atoms with van der Waals surface area (Å²) in [5.41, 5.74) is 2.07. The largest absolute Gasteiger partial charge is 0.423 e. The summed E-state index contributed by atoms with van der Waals surface area (Å²) in [6.07, 6.45) is 0. The van der Waals surface area contributed by atoms with Crippen molar-refractivity contribution in [3.05, 3.63) is 80.7 Å². The third-order valence-corrected chi connectivity index (χ3v) is 3.99. The van der Waals surface area contributed by atoms with Crippen LogP contribution in [0.25, 0.3) is 11.0 Å². The van der Waals surface area contributed by atoms with Gasteiger partial charge in [-0.05, 0) is 42.3 Å². The Bertz CT molecular complexity index is 932. The molecule has 0 spiro atoms. The zero-order valence-electron chi connectivity index (χ0n) is 12.4. The normalized spacial score (nSPS) is 10.7. The monoisotopic (exact) mass is 327 g/mol. The van der Waals surface area contributed by atoms with Crippen LogP contribution in [-0.2, 0) is 6.54 Å². The van der Waals surface area contributed by atoms with Crippen LogP contribution < -0.4 is 10.9 Å². The maximum atomic E-state index is 12.1. The minimum atomic E-state index is -0.455. The van der Waals surface area contributed by atoms with Crippen LogP contribution in [0.3, 0.4) is 0 Å². The number of nitrogens with one attached hydrogen (secondary N) is 1. The Morgan fingerprint density at radius 2 is 1.91 bits per heavy atom. The molecule has 0 radical (unpaired) electrons. The van der Waals surface area contributed by atoms with Gasteiger partial charge in [-0.3, -0.25) is 4.79 Å². The van der Waals surface area contributed by atoms with Crippen molar-refractivity contribution in [2.75, 3.05) is 0 Å². The topological polar surface area (TPSA) is 59.3 Å². The molecule has 1 aromatic heterocycles. The molecule has 0 unspecified atom stereocenters. The second-order valence-corrected chi connectivity index (χ2v) is 5.64. The van der Waals surface area contributed by atoms with Crippen LogP contribution in [0.15, 0.2) is 57.7 Å². The van der Waals surface area contributed by atoms with Gasteiger partial charge in [0.1, 0.15) is 5.58 Å². The van der Waals surface area contributed by atoms with E-state index >= 15 is 0 Å². The van der Waals surface area contributed by atoms with Crippen molar-refractivity contribution >= 4 is 28.5 Å². The molecule has 4 nitrogen and oxygen atoms in total. The van der Waals surface area contributed by atoms with E-state index in [0.29, 0.717) is 27.1 Å². The highest BCUT2D eigenvalue weighted by molar-refractivity contribution is 6.32. The van der Waals surface area contributed by atoms with Gasteiger partial charge in [-0.15, -0.1) is 0 Å². The van der Waals surface area contributed by atoms with Crippen LogP contribution in [0.2, 0.25) is 5.02 Å². The van der Waals surface area contributed by atoms with Gasteiger partial charge in [0.25, 0.3) is 5.91 Å². The van der Waals surface area contributed by atoms with Crippen molar-refractivity contribution in [2.24, 2.45) is 0 Å². The molecule has 23 heavy (non-hydrogen) atoms. The molecule has 0 aliphatic carbocycles. The Morgan fingerprint density at radius 1 is 1.17 bits per heavy atom. The number of halogens is 1. The van der Waals surface area contributed by atoms with Crippen LogP contribution in [0.1, 0.15) is 21.5 Å². The molecular formula is C18H14ClNO3. The fourth-order valence-corrected chi connectivity index (χ4v) is 2.53. The summed E-state index contributed by atoms with van der Waals surface area (Å²) in [7, 11) is 0. The van der Waals surface area contributed by atoms with E-state index in [9.17, 15) is 9.59 Å². The number of fused-ring (bicyclic) bond motifs is 1. The summed E-state index contributed by atoms with van der Waals surface area (Å²) in [5, 5.41) is 4.11. The average Bonchev–Trinajstić information content (AvgIpc) is 2.55. The Hall–Kier alpha value is -2.59. The Balaban J connectivity index is 1.92. The van der Waals surface area contributed by atoms with Gasteiger partial charge in [-0.1, -0.05) is 29.8 Å². The molecule has 0 fully saturated rings. The maximum Gasteiger partial charge on any atom is 0.336 e. The average molecular weight is 328 g/mol. The van der Waals surface area contributed by atoms with Crippen LogP contribution in [-0.4, -0.2) is 5.91 Å². The Labute approximate surface area is 137 Å². The molecule has 2 aromatic carbocycles. The van der Waals surface area contributed by atoms with E-state index in [4.69, 9.17) is 16.0 Å². The summed E-state index contributed by atoms with van der Waals surface area (Å²) >= 11 is 6.15. The third-order valence-electron chi connectivity index (χ3n) is 3.58. The molecule has 0 aliphatic rings. The summed E-state index contributed by atoms with van der Waals surface area (Å²) in [6.45, 7) is 2.06. The number of rotatable bonds is 3. The van der Waals surface area contributed by atoms with Crippen molar-refractivity contribution in [3.63, 3.8) is 0 Å². The van der Waals surface area contributed by atoms with Gasteiger partial charge < -0.3 is 9.73 Å². The van der Waals surface area contributed by atoms with Gasteiger partial charge in [0.05, 0.1) is 0 Å². The number of amides is 1. The Kier molecular flexibility index (Phi) is 4.17. The zero-order chi connectivity index (χ0) is 16.4. The number of hydrogen-bond acceptors (Lipinski definition) is 3. The first-order chi connectivity index (χ1) is 11.0. The molecule has 1 heterocycles. The highest BCUT2D eigenvalue weighted by Crippen LogP contribution is 2.25. The van der Waals surface area contributed by atoms with Gasteiger partial charge in [0.2, 0.25) is 0 Å². The lowest BCUT2D eigenvalue weighted by Gasteiger charge is -2.09. The van der Waals surface area contributed by atoms with Crippen LogP contribution in [0.4, 0.5) is 0 Å². The van der Waals surface area contributed by atoms with E-state index in [1.807, 2.05) is 13.0 Å². The molecule has 116 valence electrons. The molecule has 0 atom stereocenters. The van der Waals surface area contributed by atoms with Gasteiger partial charge in [0.15, 0.2) is 0 Å². The van der Waals surface area contributed by atoms with Gasteiger partial charge in [-0.25, -0.2) is 4.79 Å². The fourth-order valence-electron chi connectivity index (χ4n) is 2.36. The standard InChI is InChI=1S/C18H14ClNO3/c1-11-7-16-14(9-15(11)19)13(8-17(21)23-16)10-20-18(22)12-5-3-2-4-6-12/h2-9H,10H2,1H3,(H,20,22). The summed E-state index contributed by atoms with van der Waals surface area (Å²) in [4.78, 5) is 23.8. The highest BCUT2D eigenvalue weighted by Gasteiger charge is 2.10. The van der Waals surface area contributed by atoms with E-state index < -0.39 is 5.63 Å². The van der Waals surface area contributed by atoms with Crippen molar-refractivity contribution < 1.29 is 9.21 Å². The lowest BCUT2D eigenvalue weighted by Crippen LogP contribution is -2.23. The molecule has 0 saturated carbocycles. The second kappa shape index (κ2) is 6.26. The Morgan fingerprint density at radius 3 is 2.65 bits per heavy atom. The lowest BCUT2D eigenvalue weighted by atomic mass is 10.1. The van der Waals surface area contributed by atoms with Crippen LogP contribution in [0.5, 0.6) is 0 Å². The number of benzene rings is 2. The molecule has 3 aromatic rings. The maximum absolute atomic E-state index is 12.1. The van der Waals surface area contributed by atoms with Gasteiger partial charge in [0, 0.05) is 28.6 Å². The van der Waals surface area contributed by atoms with Crippen LogP contribution >= 0.6 is 11.6 Å². The van der Waals surface area contributed by atoms with Crippen molar-refractivity contribution in [2.45, 2.75) is 13.5 Å².